The number of carbonyl (C=O) groups is 2. The van der Waals surface area contributed by atoms with Gasteiger partial charge in [0.05, 0.1) is 0 Å². The van der Waals surface area contributed by atoms with E-state index in [1.165, 1.54) is 0 Å². The summed E-state index contributed by atoms with van der Waals surface area (Å²) in [5, 5.41) is 2.79. The second kappa shape index (κ2) is 8.35. The molecule has 0 aliphatic rings. The van der Waals surface area contributed by atoms with Crippen molar-refractivity contribution in [1.29, 1.82) is 0 Å². The predicted molar refractivity (Wildman–Crippen MR) is 81.6 cm³/mol. The fourth-order valence-electron chi connectivity index (χ4n) is 1.91. The number of benzene rings is 1. The van der Waals surface area contributed by atoms with Gasteiger partial charge in [0.25, 0.3) is 0 Å². The van der Waals surface area contributed by atoms with Crippen molar-refractivity contribution in [1.82, 2.24) is 5.32 Å². The summed E-state index contributed by atoms with van der Waals surface area (Å²) in [6, 6.07) is 9.42. The van der Waals surface area contributed by atoms with Gasteiger partial charge in [0, 0.05) is 18.8 Å². The van der Waals surface area contributed by atoms with E-state index in [0.29, 0.717) is 19.0 Å². The number of carbonyl (C=O) groups excluding carboxylic acids is 2. The van der Waals surface area contributed by atoms with Crippen molar-refractivity contribution < 1.29 is 9.59 Å². The Morgan fingerprint density at radius 3 is 2.40 bits per heavy atom. The normalized spacial score (nSPS) is 10.4. The van der Waals surface area contributed by atoms with Crippen LogP contribution >= 0.6 is 0 Å². The Hall–Kier alpha value is -1.84. The van der Waals surface area contributed by atoms with E-state index in [1.807, 2.05) is 37.3 Å². The number of hydrogen-bond donors (Lipinski definition) is 1. The van der Waals surface area contributed by atoms with Crippen LogP contribution in [0.5, 0.6) is 0 Å². The maximum Gasteiger partial charge on any atom is 0.236 e. The van der Waals surface area contributed by atoms with Crippen molar-refractivity contribution in [3.8, 4) is 0 Å². The maximum atomic E-state index is 12.1. The zero-order chi connectivity index (χ0) is 15.0. The molecule has 0 atom stereocenters. The molecule has 1 rings (SSSR count). The first-order chi connectivity index (χ1) is 9.54. The first-order valence-corrected chi connectivity index (χ1v) is 7.16. The Kier molecular flexibility index (Phi) is 6.77. The van der Waals surface area contributed by atoms with Gasteiger partial charge < -0.3 is 10.2 Å². The summed E-state index contributed by atoms with van der Waals surface area (Å²) in [4.78, 5) is 25.5. The van der Waals surface area contributed by atoms with Crippen LogP contribution in [-0.4, -0.2) is 24.9 Å². The molecule has 2 amide bonds. The lowest BCUT2D eigenvalue weighted by Gasteiger charge is -2.20. The molecule has 0 aliphatic carbocycles. The molecule has 20 heavy (non-hydrogen) atoms. The Morgan fingerprint density at radius 1 is 1.20 bits per heavy atom. The van der Waals surface area contributed by atoms with Gasteiger partial charge in [-0.15, -0.1) is 0 Å². The molecular formula is C16H24N2O2. The highest BCUT2D eigenvalue weighted by molar-refractivity contribution is 6.04. The van der Waals surface area contributed by atoms with Gasteiger partial charge in [-0.25, -0.2) is 0 Å². The SMILES string of the molecule is CCN(C(=O)CC(=O)NCCC(C)C)c1ccccc1. The van der Waals surface area contributed by atoms with Crippen molar-refractivity contribution in [3.05, 3.63) is 30.3 Å². The third kappa shape index (κ3) is 5.43. The van der Waals surface area contributed by atoms with E-state index >= 15 is 0 Å². The molecule has 0 radical (unpaired) electrons. The molecule has 0 bridgehead atoms. The molecule has 0 saturated carbocycles. The average molecular weight is 276 g/mol. The quantitative estimate of drug-likeness (QED) is 0.778. The monoisotopic (exact) mass is 276 g/mol. The fourth-order valence-corrected chi connectivity index (χ4v) is 1.91. The molecule has 1 N–H and O–H groups in total. The summed E-state index contributed by atoms with van der Waals surface area (Å²) >= 11 is 0. The zero-order valence-corrected chi connectivity index (χ0v) is 12.6. The number of nitrogens with one attached hydrogen (secondary N) is 1. The van der Waals surface area contributed by atoms with Crippen LogP contribution in [-0.2, 0) is 9.59 Å². The van der Waals surface area contributed by atoms with Crippen LogP contribution in [0.25, 0.3) is 0 Å². The molecule has 0 unspecified atom stereocenters. The summed E-state index contributed by atoms with van der Waals surface area (Å²) in [6.45, 7) is 7.29. The molecule has 0 aliphatic heterocycles. The number of anilines is 1. The number of hydrogen-bond acceptors (Lipinski definition) is 2. The number of rotatable bonds is 7. The van der Waals surface area contributed by atoms with Crippen LogP contribution in [0.15, 0.2) is 30.3 Å². The molecule has 4 nitrogen and oxygen atoms in total. The Labute approximate surface area is 121 Å². The second-order valence-electron chi connectivity index (χ2n) is 5.18. The molecule has 0 saturated heterocycles. The summed E-state index contributed by atoms with van der Waals surface area (Å²) in [5.41, 5.74) is 0.829. The van der Waals surface area contributed by atoms with E-state index < -0.39 is 0 Å². The first-order valence-electron chi connectivity index (χ1n) is 7.16. The highest BCUT2D eigenvalue weighted by Crippen LogP contribution is 2.13. The van der Waals surface area contributed by atoms with Gasteiger partial charge in [-0.1, -0.05) is 32.0 Å². The van der Waals surface area contributed by atoms with E-state index in [1.54, 1.807) is 4.90 Å². The smallest absolute Gasteiger partial charge is 0.236 e. The topological polar surface area (TPSA) is 49.4 Å². The van der Waals surface area contributed by atoms with Gasteiger partial charge in [-0.05, 0) is 31.4 Å². The van der Waals surface area contributed by atoms with Crippen LogP contribution in [0.1, 0.15) is 33.6 Å². The van der Waals surface area contributed by atoms with Crippen LogP contribution in [0.3, 0.4) is 0 Å². The number of amides is 2. The molecule has 4 heteroatoms. The van der Waals surface area contributed by atoms with Gasteiger partial charge in [0.1, 0.15) is 6.42 Å². The second-order valence-corrected chi connectivity index (χ2v) is 5.18. The van der Waals surface area contributed by atoms with E-state index in [4.69, 9.17) is 0 Å². The summed E-state index contributed by atoms with van der Waals surface area (Å²) in [6.07, 6.45) is 0.830. The molecular weight excluding hydrogens is 252 g/mol. The average Bonchev–Trinajstić information content (AvgIpc) is 2.40. The van der Waals surface area contributed by atoms with Crippen molar-refractivity contribution in [2.45, 2.75) is 33.6 Å². The van der Waals surface area contributed by atoms with Crippen molar-refractivity contribution in [2.24, 2.45) is 5.92 Å². The van der Waals surface area contributed by atoms with Gasteiger partial charge >= 0.3 is 0 Å². The van der Waals surface area contributed by atoms with Gasteiger partial charge in [0.2, 0.25) is 11.8 Å². The van der Waals surface area contributed by atoms with Crippen LogP contribution < -0.4 is 10.2 Å². The van der Waals surface area contributed by atoms with Gasteiger partial charge in [-0.2, -0.15) is 0 Å². The van der Waals surface area contributed by atoms with Crippen molar-refractivity contribution in [2.75, 3.05) is 18.0 Å². The first kappa shape index (κ1) is 16.2. The molecule has 1 aromatic carbocycles. The molecule has 110 valence electrons. The minimum absolute atomic E-state index is 0.0964. The number of para-hydroxylation sites is 1. The minimum Gasteiger partial charge on any atom is -0.356 e. The van der Waals surface area contributed by atoms with Crippen LogP contribution in [0.4, 0.5) is 5.69 Å². The van der Waals surface area contributed by atoms with E-state index in [2.05, 4.69) is 19.2 Å². The molecule has 0 heterocycles. The fraction of sp³-hybridized carbons (Fsp3) is 0.500. The third-order valence-corrected chi connectivity index (χ3v) is 3.04. The Balaban J connectivity index is 2.50. The lowest BCUT2D eigenvalue weighted by Crippen LogP contribution is -2.36. The van der Waals surface area contributed by atoms with E-state index in [-0.39, 0.29) is 18.2 Å². The predicted octanol–water partition coefficient (Wildman–Crippen LogP) is 2.59. The van der Waals surface area contributed by atoms with Crippen molar-refractivity contribution in [3.63, 3.8) is 0 Å². The van der Waals surface area contributed by atoms with Crippen LogP contribution in [0, 0.1) is 5.92 Å². The van der Waals surface area contributed by atoms with Crippen LogP contribution in [0.2, 0.25) is 0 Å². The molecule has 0 fully saturated rings. The third-order valence-electron chi connectivity index (χ3n) is 3.04. The minimum atomic E-state index is -0.204. The van der Waals surface area contributed by atoms with Gasteiger partial charge in [0.15, 0.2) is 0 Å². The summed E-state index contributed by atoms with van der Waals surface area (Å²) in [7, 11) is 0. The number of nitrogens with zero attached hydrogens (tertiary/aromatic N) is 1. The van der Waals surface area contributed by atoms with E-state index in [9.17, 15) is 9.59 Å². The highest BCUT2D eigenvalue weighted by atomic mass is 16.2. The largest absolute Gasteiger partial charge is 0.356 e. The Morgan fingerprint density at radius 2 is 1.85 bits per heavy atom. The standard InChI is InChI=1S/C16H24N2O2/c1-4-18(14-8-6-5-7-9-14)16(20)12-15(19)17-11-10-13(2)3/h5-9,13H,4,10-12H2,1-3H3,(H,17,19). The molecule has 1 aromatic rings. The lowest BCUT2D eigenvalue weighted by atomic mass is 10.1. The zero-order valence-electron chi connectivity index (χ0n) is 12.6. The van der Waals surface area contributed by atoms with Crippen molar-refractivity contribution >= 4 is 17.5 Å². The maximum absolute atomic E-state index is 12.1. The van der Waals surface area contributed by atoms with Gasteiger partial charge in [-0.3, -0.25) is 9.59 Å². The summed E-state index contributed by atoms with van der Waals surface area (Å²) in [5.74, 6) is 0.174. The highest BCUT2D eigenvalue weighted by Gasteiger charge is 2.17. The lowest BCUT2D eigenvalue weighted by molar-refractivity contribution is -0.127. The van der Waals surface area contributed by atoms with E-state index in [0.717, 1.165) is 12.1 Å². The Bertz CT molecular complexity index is 429. The summed E-state index contributed by atoms with van der Waals surface area (Å²) < 4.78 is 0. The molecule has 0 aromatic heterocycles. The molecule has 0 spiro atoms.